The summed E-state index contributed by atoms with van der Waals surface area (Å²) in [7, 11) is 0. The van der Waals surface area contributed by atoms with Crippen molar-refractivity contribution in [2.75, 3.05) is 0 Å². The first kappa shape index (κ1) is 8.84. The molecule has 0 aliphatic rings. The number of aromatic nitrogens is 4. The van der Waals surface area contributed by atoms with Crippen LogP contribution in [0.3, 0.4) is 0 Å². The number of hydrogen-bond donors (Lipinski definition) is 1. The van der Waals surface area contributed by atoms with Crippen molar-refractivity contribution in [3.63, 3.8) is 0 Å². The van der Waals surface area contributed by atoms with Gasteiger partial charge in [-0.15, -0.1) is 5.10 Å². The van der Waals surface area contributed by atoms with Gasteiger partial charge in [-0.1, -0.05) is 18.2 Å². The van der Waals surface area contributed by atoms with Gasteiger partial charge in [0.25, 0.3) is 5.56 Å². The summed E-state index contributed by atoms with van der Waals surface area (Å²) in [6.45, 7) is 0. The van der Waals surface area contributed by atoms with E-state index in [0.29, 0.717) is 11.0 Å². The van der Waals surface area contributed by atoms with Crippen molar-refractivity contribution in [3.05, 3.63) is 53.2 Å². The van der Waals surface area contributed by atoms with E-state index in [1.807, 2.05) is 30.3 Å². The van der Waals surface area contributed by atoms with Crippen LogP contribution in [0.25, 0.3) is 16.7 Å². The van der Waals surface area contributed by atoms with E-state index in [4.69, 9.17) is 0 Å². The van der Waals surface area contributed by atoms with Gasteiger partial charge < -0.3 is 4.98 Å². The lowest BCUT2D eigenvalue weighted by Crippen LogP contribution is -2.04. The first-order chi connectivity index (χ1) is 7.84. The van der Waals surface area contributed by atoms with Crippen LogP contribution in [0.5, 0.6) is 0 Å². The second kappa shape index (κ2) is 3.30. The lowest BCUT2D eigenvalue weighted by Gasteiger charge is -1.97. The monoisotopic (exact) mass is 212 g/mol. The van der Waals surface area contributed by atoms with Crippen LogP contribution in [0.15, 0.2) is 47.7 Å². The average molecular weight is 212 g/mol. The quantitative estimate of drug-likeness (QED) is 0.657. The standard InChI is InChI=1S/C11H8N4O/c16-11-9-6-15(8-4-2-1-3-5-8)14-10(9)12-7-13-11/h1-7H,(H,12,13,14,16). The van der Waals surface area contributed by atoms with Crippen molar-refractivity contribution < 1.29 is 0 Å². The SMILES string of the molecule is O=c1[nH]cnc2nn(-c3ccccc3)cc12. The maximum absolute atomic E-state index is 11.5. The first-order valence-electron chi connectivity index (χ1n) is 4.83. The number of aromatic amines is 1. The predicted molar refractivity (Wildman–Crippen MR) is 59.5 cm³/mol. The molecule has 5 heteroatoms. The number of H-pyrrole nitrogens is 1. The third-order valence-electron chi connectivity index (χ3n) is 2.34. The minimum Gasteiger partial charge on any atom is -0.312 e. The van der Waals surface area contributed by atoms with Gasteiger partial charge in [0.05, 0.1) is 12.0 Å². The van der Waals surface area contributed by atoms with E-state index in [2.05, 4.69) is 15.1 Å². The van der Waals surface area contributed by atoms with E-state index in [1.54, 1.807) is 10.9 Å². The van der Waals surface area contributed by atoms with Crippen LogP contribution >= 0.6 is 0 Å². The molecule has 0 saturated carbocycles. The molecule has 3 aromatic rings. The third-order valence-corrected chi connectivity index (χ3v) is 2.34. The minimum absolute atomic E-state index is 0.174. The summed E-state index contributed by atoms with van der Waals surface area (Å²) in [5, 5.41) is 4.72. The zero-order valence-corrected chi connectivity index (χ0v) is 8.29. The minimum atomic E-state index is -0.174. The summed E-state index contributed by atoms with van der Waals surface area (Å²) < 4.78 is 1.65. The number of nitrogens with zero attached hydrogens (tertiary/aromatic N) is 3. The summed E-state index contributed by atoms with van der Waals surface area (Å²) in [6.07, 6.45) is 3.03. The molecule has 0 fully saturated rings. The van der Waals surface area contributed by atoms with Crippen molar-refractivity contribution in [3.8, 4) is 5.69 Å². The number of para-hydroxylation sites is 1. The Labute approximate surface area is 90.4 Å². The molecule has 78 valence electrons. The van der Waals surface area contributed by atoms with Crippen molar-refractivity contribution in [1.29, 1.82) is 0 Å². The zero-order valence-electron chi connectivity index (χ0n) is 8.29. The molecule has 1 N–H and O–H groups in total. The van der Waals surface area contributed by atoms with Crippen LogP contribution < -0.4 is 5.56 Å². The van der Waals surface area contributed by atoms with Crippen molar-refractivity contribution in [1.82, 2.24) is 19.7 Å². The molecule has 2 aromatic heterocycles. The van der Waals surface area contributed by atoms with Gasteiger partial charge >= 0.3 is 0 Å². The molecule has 1 aromatic carbocycles. The Hall–Kier alpha value is -2.43. The predicted octanol–water partition coefficient (Wildman–Crippen LogP) is 1.11. The van der Waals surface area contributed by atoms with Crippen LogP contribution in [0.4, 0.5) is 0 Å². The molecule has 0 aliphatic carbocycles. The third kappa shape index (κ3) is 1.30. The summed E-state index contributed by atoms with van der Waals surface area (Å²) >= 11 is 0. The van der Waals surface area contributed by atoms with Gasteiger partial charge in [0.1, 0.15) is 5.39 Å². The zero-order chi connectivity index (χ0) is 11.0. The Bertz CT molecular complexity index is 684. The summed E-state index contributed by atoms with van der Waals surface area (Å²) in [6, 6.07) is 9.59. The van der Waals surface area contributed by atoms with Gasteiger partial charge in [0.2, 0.25) is 0 Å². The fourth-order valence-corrected chi connectivity index (χ4v) is 1.56. The molecule has 0 aliphatic heterocycles. The normalized spacial score (nSPS) is 10.8. The van der Waals surface area contributed by atoms with Gasteiger partial charge in [-0.25, -0.2) is 9.67 Å². The molecule has 0 unspecified atom stereocenters. The molecule has 0 atom stereocenters. The van der Waals surface area contributed by atoms with E-state index >= 15 is 0 Å². The highest BCUT2D eigenvalue weighted by atomic mass is 16.1. The number of benzene rings is 1. The lowest BCUT2D eigenvalue weighted by atomic mass is 10.3. The maximum atomic E-state index is 11.5. The molecule has 0 bridgehead atoms. The van der Waals surface area contributed by atoms with Crippen LogP contribution in [0.2, 0.25) is 0 Å². The van der Waals surface area contributed by atoms with Gasteiger partial charge in [-0.2, -0.15) is 0 Å². The maximum Gasteiger partial charge on any atom is 0.261 e. The highest BCUT2D eigenvalue weighted by Gasteiger charge is 2.05. The molecule has 0 spiro atoms. The van der Waals surface area contributed by atoms with Gasteiger partial charge in [0, 0.05) is 6.20 Å². The number of hydrogen-bond acceptors (Lipinski definition) is 3. The largest absolute Gasteiger partial charge is 0.312 e. The molecule has 0 amide bonds. The number of nitrogens with one attached hydrogen (secondary N) is 1. The Morgan fingerprint density at radius 2 is 2.00 bits per heavy atom. The number of fused-ring (bicyclic) bond motifs is 1. The van der Waals surface area contributed by atoms with E-state index < -0.39 is 0 Å². The van der Waals surface area contributed by atoms with E-state index in [1.165, 1.54) is 6.33 Å². The smallest absolute Gasteiger partial charge is 0.261 e. The van der Waals surface area contributed by atoms with Gasteiger partial charge in [0.15, 0.2) is 5.65 Å². The van der Waals surface area contributed by atoms with E-state index in [0.717, 1.165) is 5.69 Å². The topological polar surface area (TPSA) is 63.6 Å². The summed E-state index contributed by atoms with van der Waals surface area (Å²) in [5.41, 5.74) is 1.18. The molecule has 0 radical (unpaired) electrons. The Kier molecular flexibility index (Phi) is 1.83. The molecular formula is C11H8N4O. The van der Waals surface area contributed by atoms with Crippen molar-refractivity contribution >= 4 is 11.0 Å². The summed E-state index contributed by atoms with van der Waals surface area (Å²) in [5.74, 6) is 0. The highest BCUT2D eigenvalue weighted by molar-refractivity contribution is 5.72. The van der Waals surface area contributed by atoms with Crippen LogP contribution in [-0.4, -0.2) is 19.7 Å². The highest BCUT2D eigenvalue weighted by Crippen LogP contribution is 2.09. The van der Waals surface area contributed by atoms with E-state index in [-0.39, 0.29) is 5.56 Å². The molecular weight excluding hydrogens is 204 g/mol. The Morgan fingerprint density at radius 3 is 2.75 bits per heavy atom. The first-order valence-corrected chi connectivity index (χ1v) is 4.83. The fourth-order valence-electron chi connectivity index (χ4n) is 1.56. The fraction of sp³-hybridized carbons (Fsp3) is 0. The molecule has 0 saturated heterocycles. The number of rotatable bonds is 1. The molecule has 5 nitrogen and oxygen atoms in total. The van der Waals surface area contributed by atoms with Crippen molar-refractivity contribution in [2.24, 2.45) is 0 Å². The Morgan fingerprint density at radius 1 is 1.19 bits per heavy atom. The second-order valence-corrected chi connectivity index (χ2v) is 3.38. The molecule has 2 heterocycles. The van der Waals surface area contributed by atoms with Gasteiger partial charge in [-0.3, -0.25) is 4.79 Å². The molecule has 3 rings (SSSR count). The summed E-state index contributed by atoms with van der Waals surface area (Å²) in [4.78, 5) is 18.0. The van der Waals surface area contributed by atoms with E-state index in [9.17, 15) is 4.79 Å². The van der Waals surface area contributed by atoms with Crippen molar-refractivity contribution in [2.45, 2.75) is 0 Å². The average Bonchev–Trinajstić information content (AvgIpc) is 2.76. The van der Waals surface area contributed by atoms with Crippen LogP contribution in [0, 0.1) is 0 Å². The lowest BCUT2D eigenvalue weighted by molar-refractivity contribution is 0.889. The van der Waals surface area contributed by atoms with Gasteiger partial charge in [-0.05, 0) is 12.1 Å². The van der Waals surface area contributed by atoms with Crippen LogP contribution in [0.1, 0.15) is 0 Å². The second-order valence-electron chi connectivity index (χ2n) is 3.38. The molecule has 16 heavy (non-hydrogen) atoms. The van der Waals surface area contributed by atoms with Crippen LogP contribution in [-0.2, 0) is 0 Å². The Balaban J connectivity index is 2.28.